The molecule has 0 saturated heterocycles. The van der Waals surface area contributed by atoms with E-state index in [1.54, 1.807) is 20.9 Å². The van der Waals surface area contributed by atoms with Crippen LogP contribution in [-0.2, 0) is 16.0 Å². The van der Waals surface area contributed by atoms with E-state index < -0.39 is 0 Å². The zero-order valence-corrected chi connectivity index (χ0v) is 14.7. The van der Waals surface area contributed by atoms with Crippen molar-refractivity contribution in [2.75, 3.05) is 13.6 Å². The van der Waals surface area contributed by atoms with Gasteiger partial charge in [0.05, 0.1) is 6.54 Å². The van der Waals surface area contributed by atoms with Gasteiger partial charge in [-0.2, -0.15) is 0 Å². The monoisotopic (exact) mass is 322 g/mol. The first kappa shape index (κ1) is 18.9. The Labute approximate surface area is 136 Å². The second-order valence-corrected chi connectivity index (χ2v) is 6.76. The Morgan fingerprint density at radius 2 is 1.87 bits per heavy atom. The number of amides is 2. The molecule has 2 N–H and O–H groups in total. The van der Waals surface area contributed by atoms with Crippen LogP contribution in [0.3, 0.4) is 0 Å². The van der Waals surface area contributed by atoms with E-state index in [9.17, 15) is 14.4 Å². The maximum Gasteiger partial charge on any atom is 0.254 e. The van der Waals surface area contributed by atoms with E-state index in [0.717, 1.165) is 0 Å². The maximum absolute atomic E-state index is 12.1. The molecule has 23 heavy (non-hydrogen) atoms. The third kappa shape index (κ3) is 6.22. The predicted octanol–water partition coefficient (Wildman–Crippen LogP) is 0.692. The van der Waals surface area contributed by atoms with Gasteiger partial charge in [-0.15, -0.1) is 0 Å². The van der Waals surface area contributed by atoms with Crippen molar-refractivity contribution < 1.29 is 9.59 Å². The summed E-state index contributed by atoms with van der Waals surface area (Å²) in [7, 11) is 1.58. The Hall–Kier alpha value is -2.18. The molecule has 128 valence electrons. The molecule has 0 aliphatic carbocycles. The van der Waals surface area contributed by atoms with E-state index in [0.29, 0.717) is 23.5 Å². The van der Waals surface area contributed by atoms with Crippen LogP contribution in [0.5, 0.6) is 0 Å². The number of H-pyrrole nitrogens is 1. The zero-order valence-electron chi connectivity index (χ0n) is 14.7. The molecule has 7 nitrogen and oxygen atoms in total. The normalized spacial score (nSPS) is 11.2. The van der Waals surface area contributed by atoms with E-state index in [1.165, 1.54) is 4.90 Å². The second kappa shape index (κ2) is 7.39. The molecule has 0 unspecified atom stereocenters. The first-order valence-electron chi connectivity index (χ1n) is 7.61. The van der Waals surface area contributed by atoms with E-state index in [-0.39, 0.29) is 35.9 Å². The first-order valence-corrected chi connectivity index (χ1v) is 7.61. The van der Waals surface area contributed by atoms with Crippen molar-refractivity contribution in [2.24, 2.45) is 0 Å². The Kier molecular flexibility index (Phi) is 6.06. The van der Waals surface area contributed by atoms with Crippen molar-refractivity contribution in [1.29, 1.82) is 0 Å². The smallest absolute Gasteiger partial charge is 0.254 e. The van der Waals surface area contributed by atoms with Gasteiger partial charge in [0.25, 0.3) is 5.56 Å². The first-order chi connectivity index (χ1) is 10.5. The molecule has 1 heterocycles. The van der Waals surface area contributed by atoms with Gasteiger partial charge >= 0.3 is 0 Å². The number of nitrogens with zero attached hydrogens (tertiary/aromatic N) is 2. The molecule has 0 aliphatic rings. The molecule has 0 fully saturated rings. The summed E-state index contributed by atoms with van der Waals surface area (Å²) >= 11 is 0. The third-order valence-corrected chi connectivity index (χ3v) is 3.25. The van der Waals surface area contributed by atoms with Crippen molar-refractivity contribution in [1.82, 2.24) is 20.2 Å². The van der Waals surface area contributed by atoms with Crippen LogP contribution >= 0.6 is 0 Å². The van der Waals surface area contributed by atoms with Gasteiger partial charge in [0.2, 0.25) is 11.8 Å². The van der Waals surface area contributed by atoms with Crippen molar-refractivity contribution in [3.63, 3.8) is 0 Å². The van der Waals surface area contributed by atoms with E-state index in [1.807, 2.05) is 20.8 Å². The molecule has 0 saturated carbocycles. The summed E-state index contributed by atoms with van der Waals surface area (Å²) in [5.74, 6) is 0.159. The lowest BCUT2D eigenvalue weighted by Crippen LogP contribution is -2.46. The molecule has 0 aliphatic heterocycles. The van der Waals surface area contributed by atoms with Gasteiger partial charge in [0.1, 0.15) is 5.82 Å². The number of aromatic amines is 1. The topological polar surface area (TPSA) is 95.2 Å². The highest BCUT2D eigenvalue weighted by Crippen LogP contribution is 2.05. The number of hydrogen-bond acceptors (Lipinski definition) is 4. The summed E-state index contributed by atoms with van der Waals surface area (Å²) in [4.78, 5) is 44.0. The summed E-state index contributed by atoms with van der Waals surface area (Å²) in [6.45, 7) is 9.11. The van der Waals surface area contributed by atoms with Gasteiger partial charge in [0.15, 0.2) is 0 Å². The minimum Gasteiger partial charge on any atom is -0.350 e. The Morgan fingerprint density at radius 1 is 1.26 bits per heavy atom. The lowest BCUT2D eigenvalue weighted by molar-refractivity contribution is -0.135. The second-order valence-electron chi connectivity index (χ2n) is 6.76. The molecule has 2 amide bonds. The molecule has 7 heteroatoms. The lowest BCUT2D eigenvalue weighted by atomic mass is 10.1. The largest absolute Gasteiger partial charge is 0.350 e. The lowest BCUT2D eigenvalue weighted by Gasteiger charge is -2.23. The number of carbonyl (C=O) groups is 2. The van der Waals surface area contributed by atoms with Crippen molar-refractivity contribution in [2.45, 2.75) is 53.0 Å². The van der Waals surface area contributed by atoms with Gasteiger partial charge in [-0.3, -0.25) is 14.4 Å². The van der Waals surface area contributed by atoms with Crippen LogP contribution in [0.2, 0.25) is 0 Å². The summed E-state index contributed by atoms with van der Waals surface area (Å²) in [6.07, 6.45) is 0.465. The van der Waals surface area contributed by atoms with Crippen molar-refractivity contribution >= 4 is 11.8 Å². The molecule has 0 radical (unpaired) electrons. The van der Waals surface area contributed by atoms with Crippen molar-refractivity contribution in [3.05, 3.63) is 27.4 Å². The summed E-state index contributed by atoms with van der Waals surface area (Å²) in [6, 6.07) is 0. The Bertz CT molecular complexity index is 644. The number of carbonyl (C=O) groups excluding carboxylic acids is 2. The Morgan fingerprint density at radius 3 is 2.39 bits per heavy atom. The predicted molar refractivity (Wildman–Crippen MR) is 88.2 cm³/mol. The Balaban J connectivity index is 2.60. The molecule has 0 aromatic carbocycles. The summed E-state index contributed by atoms with van der Waals surface area (Å²) in [5, 5.41) is 2.81. The minimum absolute atomic E-state index is 0.00239. The SMILES string of the molecule is Cc1nc(C)c(CCC(=O)N(C)CC(=O)NC(C)(C)C)c(=O)[nH]1. The molecule has 0 bridgehead atoms. The highest BCUT2D eigenvalue weighted by molar-refractivity contribution is 5.85. The average molecular weight is 322 g/mol. The highest BCUT2D eigenvalue weighted by atomic mass is 16.2. The van der Waals surface area contributed by atoms with Gasteiger partial charge in [0, 0.05) is 30.3 Å². The fraction of sp³-hybridized carbons (Fsp3) is 0.625. The van der Waals surface area contributed by atoms with Crippen LogP contribution < -0.4 is 10.9 Å². The molecule has 1 aromatic heterocycles. The number of aromatic nitrogens is 2. The van der Waals surface area contributed by atoms with E-state index in [2.05, 4.69) is 15.3 Å². The molecular formula is C16H26N4O3. The molecule has 1 aromatic rings. The van der Waals surface area contributed by atoms with Gasteiger partial charge < -0.3 is 15.2 Å². The van der Waals surface area contributed by atoms with Crippen LogP contribution in [0.25, 0.3) is 0 Å². The average Bonchev–Trinajstić information content (AvgIpc) is 2.34. The maximum atomic E-state index is 12.1. The van der Waals surface area contributed by atoms with Crippen LogP contribution in [0.1, 0.15) is 44.3 Å². The number of hydrogen-bond donors (Lipinski definition) is 2. The van der Waals surface area contributed by atoms with E-state index in [4.69, 9.17) is 0 Å². The van der Waals surface area contributed by atoms with Crippen LogP contribution in [0.15, 0.2) is 4.79 Å². The minimum atomic E-state index is -0.334. The quantitative estimate of drug-likeness (QED) is 0.834. The molecular weight excluding hydrogens is 296 g/mol. The third-order valence-electron chi connectivity index (χ3n) is 3.25. The number of rotatable bonds is 5. The van der Waals surface area contributed by atoms with Gasteiger partial charge in [-0.1, -0.05) is 0 Å². The van der Waals surface area contributed by atoms with Crippen LogP contribution in [0, 0.1) is 13.8 Å². The number of nitrogens with one attached hydrogen (secondary N) is 2. The summed E-state index contributed by atoms with van der Waals surface area (Å²) < 4.78 is 0. The zero-order chi connectivity index (χ0) is 17.8. The van der Waals surface area contributed by atoms with Crippen LogP contribution in [-0.4, -0.2) is 45.8 Å². The van der Waals surface area contributed by atoms with Crippen molar-refractivity contribution in [3.8, 4) is 0 Å². The van der Waals surface area contributed by atoms with Crippen LogP contribution in [0.4, 0.5) is 0 Å². The van der Waals surface area contributed by atoms with E-state index >= 15 is 0 Å². The highest BCUT2D eigenvalue weighted by Gasteiger charge is 2.18. The standard InChI is InChI=1S/C16H26N4O3/c1-10-12(15(23)18-11(2)17-10)7-8-14(22)20(6)9-13(21)19-16(3,4)5/h7-9H2,1-6H3,(H,19,21)(H,17,18,23). The van der Waals surface area contributed by atoms with Gasteiger partial charge in [-0.25, -0.2) is 4.98 Å². The molecule has 0 spiro atoms. The fourth-order valence-electron chi connectivity index (χ4n) is 2.23. The number of aryl methyl sites for hydroxylation is 2. The summed E-state index contributed by atoms with van der Waals surface area (Å²) in [5.41, 5.74) is 0.596. The molecule has 1 rings (SSSR count). The van der Waals surface area contributed by atoms with Gasteiger partial charge in [-0.05, 0) is 41.0 Å². The fourth-order valence-corrected chi connectivity index (χ4v) is 2.23. The number of likely N-dealkylation sites (N-methyl/N-ethyl adjacent to an activating group) is 1. The molecule has 0 atom stereocenters.